The van der Waals surface area contributed by atoms with E-state index < -0.39 is 0 Å². The minimum absolute atomic E-state index is 0.0163. The third kappa shape index (κ3) is 9.50. The van der Waals surface area contributed by atoms with Gasteiger partial charge in [0.1, 0.15) is 18.5 Å². The smallest absolute Gasteiger partial charge is 0.148 e. The Morgan fingerprint density at radius 2 is 1.55 bits per heavy atom. The molecule has 0 spiro atoms. The molecule has 1 aromatic rings. The van der Waals surface area contributed by atoms with Gasteiger partial charge >= 0.3 is 0 Å². The Hall–Kier alpha value is -1.23. The largest absolute Gasteiger partial charge is 0.321 e. The van der Waals surface area contributed by atoms with Gasteiger partial charge in [0.15, 0.2) is 0 Å². The summed E-state index contributed by atoms with van der Waals surface area (Å²) < 4.78 is 0. The number of likely N-dealkylation sites (tertiary alicyclic amines) is 1. The summed E-state index contributed by atoms with van der Waals surface area (Å²) in [6, 6.07) is 0.295. The van der Waals surface area contributed by atoms with E-state index in [1.807, 2.05) is 0 Å². The van der Waals surface area contributed by atoms with Crippen molar-refractivity contribution in [3.05, 3.63) is 18.5 Å². The van der Waals surface area contributed by atoms with Crippen molar-refractivity contribution in [1.82, 2.24) is 35.8 Å². The van der Waals surface area contributed by atoms with Gasteiger partial charge in [-0.3, -0.25) is 10.2 Å². The van der Waals surface area contributed by atoms with E-state index in [4.69, 9.17) is 11.5 Å². The van der Waals surface area contributed by atoms with Crippen molar-refractivity contribution in [2.75, 3.05) is 32.7 Å². The molecule has 33 heavy (non-hydrogen) atoms. The summed E-state index contributed by atoms with van der Waals surface area (Å²) in [7, 11) is 0. The summed E-state index contributed by atoms with van der Waals surface area (Å²) in [6.07, 6.45) is 9.47. The highest BCUT2D eigenvalue weighted by atomic mass is 15.3. The standard InChI is InChI=1S/C24H49N9/c1-6-7-14-33-23(2,3)15-19(16-24(33,4)5)32-21(26)9-11-28-13-12-27-10-8-20(25)22-30-17-29-18-31-22/h17-21,27-28,32H,6-16,25-26H2,1-5H3. The minimum atomic E-state index is -0.161. The van der Waals surface area contributed by atoms with Gasteiger partial charge in [-0.15, -0.1) is 0 Å². The monoisotopic (exact) mass is 463 g/mol. The van der Waals surface area contributed by atoms with Gasteiger partial charge in [0.25, 0.3) is 0 Å². The lowest BCUT2D eigenvalue weighted by Crippen LogP contribution is -2.65. The second-order valence-electron chi connectivity index (χ2n) is 10.7. The zero-order valence-corrected chi connectivity index (χ0v) is 21.6. The minimum Gasteiger partial charge on any atom is -0.321 e. The highest BCUT2D eigenvalue weighted by Gasteiger charge is 2.44. The molecule has 2 atom stereocenters. The zero-order valence-electron chi connectivity index (χ0n) is 21.6. The van der Waals surface area contributed by atoms with Gasteiger partial charge in [-0.25, -0.2) is 15.0 Å². The quantitative estimate of drug-likeness (QED) is 0.194. The van der Waals surface area contributed by atoms with Crippen molar-refractivity contribution in [2.24, 2.45) is 11.5 Å². The first-order valence-electron chi connectivity index (χ1n) is 12.7. The molecule has 0 amide bonds. The van der Waals surface area contributed by atoms with Crippen LogP contribution in [0, 0.1) is 0 Å². The SMILES string of the molecule is CCCCN1C(C)(C)CC(NC(N)CCNCCNCCC(N)c2ncncn2)CC1(C)C. The summed E-state index contributed by atoms with van der Waals surface area (Å²) in [4.78, 5) is 14.7. The van der Waals surface area contributed by atoms with E-state index in [2.05, 4.69) is 70.4 Å². The maximum atomic E-state index is 6.44. The molecular formula is C24H49N9. The maximum absolute atomic E-state index is 6.44. The van der Waals surface area contributed by atoms with Crippen molar-refractivity contribution in [3.8, 4) is 0 Å². The highest BCUT2D eigenvalue weighted by molar-refractivity contribution is 5.02. The molecule has 2 heterocycles. The summed E-state index contributed by atoms with van der Waals surface area (Å²) in [5.74, 6) is 0.643. The predicted octanol–water partition coefficient (Wildman–Crippen LogP) is 1.53. The van der Waals surface area contributed by atoms with Crippen molar-refractivity contribution >= 4 is 0 Å². The van der Waals surface area contributed by atoms with E-state index in [0.29, 0.717) is 11.9 Å². The van der Waals surface area contributed by atoms with Gasteiger partial charge in [0.2, 0.25) is 0 Å². The van der Waals surface area contributed by atoms with E-state index in [1.165, 1.54) is 32.0 Å². The van der Waals surface area contributed by atoms with E-state index >= 15 is 0 Å². The van der Waals surface area contributed by atoms with E-state index in [9.17, 15) is 0 Å². The first-order chi connectivity index (χ1) is 15.7. The van der Waals surface area contributed by atoms with E-state index in [0.717, 1.165) is 51.9 Å². The Morgan fingerprint density at radius 3 is 2.12 bits per heavy atom. The summed E-state index contributed by atoms with van der Waals surface area (Å²) in [5, 5.41) is 10.6. The average Bonchev–Trinajstić information content (AvgIpc) is 2.74. The Labute approximate surface area is 201 Å². The van der Waals surface area contributed by atoms with Crippen molar-refractivity contribution in [2.45, 2.75) is 102 Å². The molecule has 0 bridgehead atoms. The molecule has 1 saturated heterocycles. The van der Waals surface area contributed by atoms with Crippen LogP contribution in [0.4, 0.5) is 0 Å². The third-order valence-electron chi connectivity index (χ3n) is 6.73. The van der Waals surface area contributed by atoms with Gasteiger partial charge in [-0.05, 0) is 79.4 Å². The number of hydrogen-bond donors (Lipinski definition) is 5. The van der Waals surface area contributed by atoms with Crippen LogP contribution in [0.25, 0.3) is 0 Å². The first-order valence-corrected chi connectivity index (χ1v) is 12.7. The van der Waals surface area contributed by atoms with Crippen molar-refractivity contribution in [3.63, 3.8) is 0 Å². The number of nitrogens with one attached hydrogen (secondary N) is 3. The van der Waals surface area contributed by atoms with Crippen LogP contribution >= 0.6 is 0 Å². The molecule has 1 aliphatic rings. The van der Waals surface area contributed by atoms with Crippen molar-refractivity contribution in [1.29, 1.82) is 0 Å². The normalized spacial score (nSPS) is 20.6. The Balaban J connectivity index is 1.57. The number of hydrogen-bond acceptors (Lipinski definition) is 9. The Bertz CT molecular complexity index is 635. The van der Waals surface area contributed by atoms with Crippen LogP contribution in [-0.4, -0.2) is 75.9 Å². The zero-order chi connectivity index (χ0) is 24.3. The Morgan fingerprint density at radius 1 is 0.970 bits per heavy atom. The third-order valence-corrected chi connectivity index (χ3v) is 6.73. The fourth-order valence-electron chi connectivity index (χ4n) is 5.25. The van der Waals surface area contributed by atoms with Gasteiger partial charge in [-0.1, -0.05) is 13.3 Å². The fraction of sp³-hybridized carbons (Fsp3) is 0.875. The summed E-state index contributed by atoms with van der Waals surface area (Å²) in [6.45, 7) is 16.5. The molecule has 0 aromatic carbocycles. The molecule has 0 saturated carbocycles. The van der Waals surface area contributed by atoms with Gasteiger partial charge in [0.05, 0.1) is 12.2 Å². The van der Waals surface area contributed by atoms with Gasteiger partial charge in [-0.2, -0.15) is 0 Å². The molecule has 7 N–H and O–H groups in total. The lowest BCUT2D eigenvalue weighted by atomic mass is 9.76. The highest BCUT2D eigenvalue weighted by Crippen LogP contribution is 2.38. The van der Waals surface area contributed by atoms with E-state index in [1.54, 1.807) is 0 Å². The summed E-state index contributed by atoms with van der Waals surface area (Å²) in [5.41, 5.74) is 12.9. The van der Waals surface area contributed by atoms with Crippen LogP contribution in [0.1, 0.15) is 85.0 Å². The number of rotatable bonds is 15. The predicted molar refractivity (Wildman–Crippen MR) is 136 cm³/mol. The number of nitrogens with zero attached hydrogens (tertiary/aromatic N) is 4. The second-order valence-corrected chi connectivity index (χ2v) is 10.7. The molecule has 1 fully saturated rings. The van der Waals surface area contributed by atoms with Gasteiger partial charge in [0, 0.05) is 30.2 Å². The van der Waals surface area contributed by atoms with Crippen LogP contribution in [0.5, 0.6) is 0 Å². The molecule has 1 aliphatic heterocycles. The molecule has 190 valence electrons. The first kappa shape index (κ1) is 28.0. The lowest BCUT2D eigenvalue weighted by Gasteiger charge is -2.56. The molecule has 0 aliphatic carbocycles. The summed E-state index contributed by atoms with van der Waals surface area (Å²) >= 11 is 0. The number of unbranched alkanes of at least 4 members (excludes halogenated alkanes) is 1. The average molecular weight is 464 g/mol. The molecule has 2 unspecified atom stereocenters. The van der Waals surface area contributed by atoms with Crippen LogP contribution in [0.3, 0.4) is 0 Å². The topological polar surface area (TPSA) is 130 Å². The van der Waals surface area contributed by atoms with Crippen LogP contribution < -0.4 is 27.4 Å². The van der Waals surface area contributed by atoms with Crippen molar-refractivity contribution < 1.29 is 0 Å². The van der Waals surface area contributed by atoms with Crippen LogP contribution in [-0.2, 0) is 0 Å². The maximum Gasteiger partial charge on any atom is 0.148 e. The Kier molecular flexibility index (Phi) is 11.5. The fourth-order valence-corrected chi connectivity index (χ4v) is 5.25. The van der Waals surface area contributed by atoms with Crippen LogP contribution in [0.2, 0.25) is 0 Å². The molecular weight excluding hydrogens is 414 g/mol. The molecule has 9 nitrogen and oxygen atoms in total. The van der Waals surface area contributed by atoms with Gasteiger partial charge < -0.3 is 22.1 Å². The molecule has 9 heteroatoms. The van der Waals surface area contributed by atoms with Crippen LogP contribution in [0.15, 0.2) is 12.7 Å². The number of piperidine rings is 1. The number of nitrogens with two attached hydrogens (primary N) is 2. The molecule has 2 rings (SSSR count). The lowest BCUT2D eigenvalue weighted by molar-refractivity contribution is -0.0428. The second kappa shape index (κ2) is 13.6. The molecule has 1 aromatic heterocycles. The van der Waals surface area contributed by atoms with E-state index in [-0.39, 0.29) is 23.3 Å². The number of aromatic nitrogens is 3. The molecule has 0 radical (unpaired) electrons.